The first-order valence-electron chi connectivity index (χ1n) is 8.18. The zero-order chi connectivity index (χ0) is 18.7. The number of amides is 1. The second-order valence-electron chi connectivity index (χ2n) is 6.01. The molecule has 2 aromatic carbocycles. The van der Waals surface area contributed by atoms with E-state index < -0.39 is 0 Å². The van der Waals surface area contributed by atoms with Crippen molar-refractivity contribution in [1.82, 2.24) is 4.90 Å². The number of rotatable bonds is 5. The number of hydrogen-bond donors (Lipinski definition) is 0. The Labute approximate surface area is 162 Å². The fraction of sp³-hybridized carbons (Fsp3) is 0.190. The van der Waals surface area contributed by atoms with E-state index in [-0.39, 0.29) is 5.91 Å². The van der Waals surface area contributed by atoms with Crippen LogP contribution < -0.4 is 4.74 Å². The van der Waals surface area contributed by atoms with E-state index in [1.807, 2.05) is 30.3 Å². The Morgan fingerprint density at radius 3 is 2.15 bits per heavy atom. The molecule has 0 N–H and O–H groups in total. The summed E-state index contributed by atoms with van der Waals surface area (Å²) in [7, 11) is 5.22. The number of benzene rings is 2. The van der Waals surface area contributed by atoms with Crippen molar-refractivity contribution in [3.05, 3.63) is 59.5 Å². The van der Waals surface area contributed by atoms with Crippen LogP contribution in [0, 0.1) is 0 Å². The number of carbonyl (C=O) groups excluding carboxylic acids is 1. The highest BCUT2D eigenvalue weighted by atomic mass is 32.2. The fourth-order valence-corrected chi connectivity index (χ4v) is 4.27. The predicted octanol–water partition coefficient (Wildman–Crippen LogP) is 5.51. The number of ether oxygens (including phenoxy) is 1. The van der Waals surface area contributed by atoms with Gasteiger partial charge in [0.05, 0.1) is 12.0 Å². The van der Waals surface area contributed by atoms with E-state index in [1.54, 1.807) is 37.9 Å². The molecule has 0 aliphatic rings. The van der Waals surface area contributed by atoms with Crippen LogP contribution in [0.1, 0.15) is 9.67 Å². The summed E-state index contributed by atoms with van der Waals surface area (Å²) in [4.78, 5) is 17.2. The Morgan fingerprint density at radius 1 is 1.00 bits per heavy atom. The first-order valence-corrected chi connectivity index (χ1v) is 10.2. The minimum absolute atomic E-state index is 0.0248. The standard InChI is InChI=1S/C21H21NO2S2/c1-22(2)21(23)19-13-18(14-7-11-17(25-4)12-8-14)20(26-19)15-5-9-16(24-3)10-6-15/h5-13H,1-4H3. The fourth-order valence-electron chi connectivity index (χ4n) is 2.66. The third-order valence-corrected chi connectivity index (χ3v) is 6.02. The lowest BCUT2D eigenvalue weighted by Gasteiger charge is -2.07. The molecule has 1 amide bonds. The molecule has 0 unspecified atom stereocenters. The van der Waals surface area contributed by atoms with Crippen molar-refractivity contribution >= 4 is 29.0 Å². The van der Waals surface area contributed by atoms with Gasteiger partial charge in [-0.3, -0.25) is 4.79 Å². The Bertz CT molecular complexity index is 832. The van der Waals surface area contributed by atoms with Gasteiger partial charge in [-0.25, -0.2) is 0 Å². The van der Waals surface area contributed by atoms with Crippen molar-refractivity contribution in [3.63, 3.8) is 0 Å². The molecule has 0 aliphatic heterocycles. The van der Waals surface area contributed by atoms with Gasteiger partial charge < -0.3 is 9.64 Å². The van der Waals surface area contributed by atoms with Gasteiger partial charge in [-0.05, 0) is 59.8 Å². The molecule has 5 heteroatoms. The van der Waals surface area contributed by atoms with Crippen molar-refractivity contribution in [2.75, 3.05) is 27.5 Å². The Kier molecular flexibility index (Phi) is 5.69. The Balaban J connectivity index is 2.11. The van der Waals surface area contributed by atoms with E-state index in [0.29, 0.717) is 0 Å². The van der Waals surface area contributed by atoms with Gasteiger partial charge >= 0.3 is 0 Å². The highest BCUT2D eigenvalue weighted by Crippen LogP contribution is 2.40. The van der Waals surface area contributed by atoms with Gasteiger partial charge in [0.1, 0.15) is 5.75 Å². The number of nitrogens with zero attached hydrogens (tertiary/aromatic N) is 1. The molecule has 0 spiro atoms. The van der Waals surface area contributed by atoms with Crippen molar-refractivity contribution in [2.24, 2.45) is 0 Å². The second kappa shape index (κ2) is 7.98. The quantitative estimate of drug-likeness (QED) is 0.544. The summed E-state index contributed by atoms with van der Waals surface area (Å²) in [5.41, 5.74) is 3.28. The molecule has 1 heterocycles. The van der Waals surface area contributed by atoms with E-state index in [4.69, 9.17) is 4.74 Å². The minimum atomic E-state index is 0.0248. The van der Waals surface area contributed by atoms with Gasteiger partial charge in [-0.2, -0.15) is 0 Å². The lowest BCUT2D eigenvalue weighted by atomic mass is 10.0. The number of methoxy groups -OCH3 is 1. The number of hydrogen-bond acceptors (Lipinski definition) is 4. The lowest BCUT2D eigenvalue weighted by Crippen LogP contribution is -2.20. The number of thioether (sulfide) groups is 1. The summed E-state index contributed by atoms with van der Waals surface area (Å²) in [5.74, 6) is 0.845. The van der Waals surface area contributed by atoms with Crippen LogP contribution in [0.3, 0.4) is 0 Å². The molecule has 0 aliphatic carbocycles. The van der Waals surface area contributed by atoms with Crippen LogP contribution in [0.5, 0.6) is 5.75 Å². The first-order chi connectivity index (χ1) is 12.5. The molecule has 134 valence electrons. The van der Waals surface area contributed by atoms with Crippen molar-refractivity contribution < 1.29 is 9.53 Å². The molecule has 1 aromatic heterocycles. The number of carbonyl (C=O) groups is 1. The molecule has 0 atom stereocenters. The van der Waals surface area contributed by atoms with Gasteiger partial charge in [-0.15, -0.1) is 23.1 Å². The highest BCUT2D eigenvalue weighted by Gasteiger charge is 2.18. The molecule has 0 fully saturated rings. The maximum Gasteiger partial charge on any atom is 0.263 e. The molecule has 0 bridgehead atoms. The van der Waals surface area contributed by atoms with Crippen LogP contribution in [0.2, 0.25) is 0 Å². The Hall–Kier alpha value is -2.24. The van der Waals surface area contributed by atoms with Gasteiger partial charge in [0.2, 0.25) is 0 Å². The summed E-state index contributed by atoms with van der Waals surface area (Å²) in [6.07, 6.45) is 2.07. The monoisotopic (exact) mass is 383 g/mol. The van der Waals surface area contributed by atoms with Crippen LogP contribution in [-0.4, -0.2) is 38.3 Å². The average Bonchev–Trinajstić information content (AvgIpc) is 3.12. The van der Waals surface area contributed by atoms with Crippen LogP contribution >= 0.6 is 23.1 Å². The molecular formula is C21H21NO2S2. The second-order valence-corrected chi connectivity index (χ2v) is 7.94. The van der Waals surface area contributed by atoms with Crippen molar-refractivity contribution in [2.45, 2.75) is 4.90 Å². The van der Waals surface area contributed by atoms with Crippen LogP contribution in [0.25, 0.3) is 21.6 Å². The van der Waals surface area contributed by atoms with Crippen LogP contribution in [-0.2, 0) is 0 Å². The van der Waals surface area contributed by atoms with Crippen molar-refractivity contribution in [1.29, 1.82) is 0 Å². The maximum atomic E-state index is 12.5. The SMILES string of the molecule is COc1ccc(-c2sc(C(=O)N(C)C)cc2-c2ccc(SC)cc2)cc1. The molecular weight excluding hydrogens is 362 g/mol. The highest BCUT2D eigenvalue weighted by molar-refractivity contribution is 7.98. The molecule has 3 aromatic rings. The van der Waals surface area contributed by atoms with Gasteiger partial charge in [0, 0.05) is 29.4 Å². The van der Waals surface area contributed by atoms with Crippen molar-refractivity contribution in [3.8, 4) is 27.3 Å². The van der Waals surface area contributed by atoms with Gasteiger partial charge in [0.25, 0.3) is 5.91 Å². The summed E-state index contributed by atoms with van der Waals surface area (Å²) < 4.78 is 5.26. The summed E-state index contributed by atoms with van der Waals surface area (Å²) in [6.45, 7) is 0. The summed E-state index contributed by atoms with van der Waals surface area (Å²) >= 11 is 3.25. The number of thiophene rings is 1. The maximum absolute atomic E-state index is 12.5. The predicted molar refractivity (Wildman–Crippen MR) is 112 cm³/mol. The van der Waals surface area contributed by atoms with E-state index >= 15 is 0 Å². The van der Waals surface area contributed by atoms with Crippen LogP contribution in [0.15, 0.2) is 59.5 Å². The molecule has 3 rings (SSSR count). The van der Waals surface area contributed by atoms with E-state index in [0.717, 1.165) is 32.2 Å². The lowest BCUT2D eigenvalue weighted by molar-refractivity contribution is 0.0832. The molecule has 0 saturated heterocycles. The third-order valence-electron chi connectivity index (χ3n) is 4.10. The smallest absolute Gasteiger partial charge is 0.263 e. The van der Waals surface area contributed by atoms with E-state index in [9.17, 15) is 4.79 Å². The first kappa shape index (κ1) is 18.5. The molecule has 0 radical (unpaired) electrons. The average molecular weight is 384 g/mol. The normalized spacial score (nSPS) is 10.6. The van der Waals surface area contributed by atoms with Gasteiger partial charge in [-0.1, -0.05) is 12.1 Å². The summed E-state index contributed by atoms with van der Waals surface area (Å²) in [6, 6.07) is 18.4. The zero-order valence-electron chi connectivity index (χ0n) is 15.3. The van der Waals surface area contributed by atoms with E-state index in [2.05, 4.69) is 30.5 Å². The molecule has 0 saturated carbocycles. The van der Waals surface area contributed by atoms with E-state index in [1.165, 1.54) is 16.2 Å². The largest absolute Gasteiger partial charge is 0.497 e. The minimum Gasteiger partial charge on any atom is -0.497 e. The topological polar surface area (TPSA) is 29.5 Å². The Morgan fingerprint density at radius 2 is 1.62 bits per heavy atom. The summed E-state index contributed by atoms with van der Waals surface area (Å²) in [5, 5.41) is 0. The molecule has 3 nitrogen and oxygen atoms in total. The van der Waals surface area contributed by atoms with Crippen LogP contribution in [0.4, 0.5) is 0 Å². The third kappa shape index (κ3) is 3.79. The van der Waals surface area contributed by atoms with Gasteiger partial charge in [0.15, 0.2) is 0 Å². The zero-order valence-corrected chi connectivity index (χ0v) is 16.9. The molecule has 26 heavy (non-hydrogen) atoms.